The number of rotatable bonds is 10. The Labute approximate surface area is 234 Å². The maximum Gasteiger partial charge on any atom is 3.00 e. The van der Waals surface area contributed by atoms with Crippen LogP contribution in [0.15, 0.2) is 0 Å². The van der Waals surface area contributed by atoms with Gasteiger partial charge in [0.05, 0.1) is 0 Å². The minimum Gasteiger partial charge on any atom is -0.550 e. The van der Waals surface area contributed by atoms with Gasteiger partial charge in [-0.25, -0.2) is 0 Å². The van der Waals surface area contributed by atoms with E-state index in [2.05, 4.69) is 0 Å². The van der Waals surface area contributed by atoms with Crippen molar-refractivity contribution < 1.29 is 110 Å². The zero-order chi connectivity index (χ0) is 29.3. The van der Waals surface area contributed by atoms with E-state index in [-0.39, 0.29) is 65.2 Å². The number of hydrogen-bond donors (Lipinski definition) is 0. The number of ketones is 5. The zero-order valence-corrected chi connectivity index (χ0v) is 23.1. The van der Waals surface area contributed by atoms with Crippen LogP contribution in [0.25, 0.3) is 0 Å². The Hall–Kier alpha value is -3.17. The summed E-state index contributed by atoms with van der Waals surface area (Å²) in [4.78, 5) is 96.6. The number of carboxylic acids is 5. The third-order valence-electron chi connectivity index (χ3n) is 1.97. The summed E-state index contributed by atoms with van der Waals surface area (Å²) in [7, 11) is 0. The van der Waals surface area contributed by atoms with Crippen LogP contribution in [0.1, 0.15) is 66.7 Å². The molecule has 0 rings (SSSR count). The first-order valence-corrected chi connectivity index (χ1v) is 9.10. The maximum absolute atomic E-state index is 9.83. The molecule has 0 aromatic heterocycles. The fourth-order valence-corrected chi connectivity index (χ4v) is 1.02. The Morgan fingerprint density at radius 3 is 0.432 bits per heavy atom. The zero-order valence-electron chi connectivity index (χ0n) is 20.3. The predicted molar refractivity (Wildman–Crippen MR) is 102 cm³/mol. The van der Waals surface area contributed by atoms with Crippen molar-refractivity contribution in [3.63, 3.8) is 0 Å². The van der Waals surface area contributed by atoms with Crippen molar-refractivity contribution in [1.29, 1.82) is 0 Å². The smallest absolute Gasteiger partial charge is 0.550 e. The molecule has 37 heavy (non-hydrogen) atoms. The molecule has 0 aromatic carbocycles. The number of carbonyl (C=O) groups is 10. The van der Waals surface area contributed by atoms with Crippen LogP contribution in [0, 0.1) is 0 Å². The van der Waals surface area contributed by atoms with Crippen molar-refractivity contribution in [2.45, 2.75) is 66.7 Å². The third-order valence-corrected chi connectivity index (χ3v) is 1.97. The average Bonchev–Trinajstić information content (AvgIpc) is 2.49. The normalized spacial score (nSPS) is 7.70. The van der Waals surface area contributed by atoms with Gasteiger partial charge in [-0.15, -0.1) is 0 Å². The molecular weight excluding hydrogens is 640 g/mol. The van der Waals surface area contributed by atoms with Gasteiger partial charge in [0.2, 0.25) is 0 Å². The molecule has 0 saturated heterocycles. The Morgan fingerprint density at radius 2 is 0.432 bits per heavy atom. The minimum atomic E-state index is -1.31. The van der Waals surface area contributed by atoms with Gasteiger partial charge in [-0.05, 0) is 34.6 Å². The van der Waals surface area contributed by atoms with Crippen LogP contribution in [0.4, 0.5) is 0 Å². The average molecular weight is 665 g/mol. The second-order valence-corrected chi connectivity index (χ2v) is 6.25. The van der Waals surface area contributed by atoms with Crippen LogP contribution in [-0.4, -0.2) is 58.8 Å². The van der Waals surface area contributed by atoms with Crippen LogP contribution < -0.4 is 25.5 Å². The standard InChI is InChI=1S/5C4H6O3.Co.Ru/c5*1-3(5)2-4(6)7;;/h5*2H2,1H3,(H,6,7);;/q;;;;;+2;+3/p-5. The van der Waals surface area contributed by atoms with Crippen molar-refractivity contribution in [3.8, 4) is 0 Å². The third kappa shape index (κ3) is 110. The number of Topliss-reactive ketones (excluding diaryl/α,β-unsaturated/α-hetero) is 5. The van der Waals surface area contributed by atoms with Gasteiger partial charge in [0.1, 0.15) is 28.9 Å². The molecule has 212 valence electrons. The Balaban J connectivity index is -0.0000000600. The molecule has 0 heterocycles. The summed E-state index contributed by atoms with van der Waals surface area (Å²) in [6, 6.07) is 0. The van der Waals surface area contributed by atoms with Gasteiger partial charge in [0.25, 0.3) is 0 Å². The summed E-state index contributed by atoms with van der Waals surface area (Å²) in [6.07, 6.45) is -2.36. The first-order valence-electron chi connectivity index (χ1n) is 9.10. The Bertz CT molecular complexity index is 580. The van der Waals surface area contributed by atoms with Crippen molar-refractivity contribution in [1.82, 2.24) is 0 Å². The molecule has 0 N–H and O–H groups in total. The molecule has 17 heteroatoms. The Kier molecular flexibility index (Phi) is 44.9. The molecule has 15 nitrogen and oxygen atoms in total. The fraction of sp³-hybridized carbons (Fsp3) is 0.500. The molecule has 0 aliphatic rings. The van der Waals surface area contributed by atoms with Crippen molar-refractivity contribution in [2.24, 2.45) is 0 Å². The maximum atomic E-state index is 9.83. The molecule has 0 aliphatic heterocycles. The number of carboxylic acid groups (broad SMARTS) is 5. The van der Waals surface area contributed by atoms with Gasteiger partial charge in [-0.2, -0.15) is 0 Å². The number of carbonyl (C=O) groups excluding carboxylic acids is 10. The molecule has 0 atom stereocenters. The molecule has 0 bridgehead atoms. The van der Waals surface area contributed by atoms with Crippen LogP contribution in [-0.2, 0) is 84.2 Å². The second kappa shape index (κ2) is 32.8. The van der Waals surface area contributed by atoms with Gasteiger partial charge in [-0.3, -0.25) is 24.0 Å². The summed E-state index contributed by atoms with van der Waals surface area (Å²) >= 11 is 0. The molecule has 0 aromatic rings. The van der Waals surface area contributed by atoms with Gasteiger partial charge in [0.15, 0.2) is 0 Å². The van der Waals surface area contributed by atoms with E-state index in [1.165, 1.54) is 34.6 Å². The van der Waals surface area contributed by atoms with Gasteiger partial charge in [0, 0.05) is 62.0 Å². The van der Waals surface area contributed by atoms with E-state index in [0.717, 1.165) is 0 Å². The van der Waals surface area contributed by atoms with Crippen molar-refractivity contribution >= 4 is 58.8 Å². The van der Waals surface area contributed by atoms with Crippen LogP contribution >= 0.6 is 0 Å². The van der Waals surface area contributed by atoms with Crippen molar-refractivity contribution in [3.05, 3.63) is 0 Å². The van der Waals surface area contributed by atoms with E-state index in [1.807, 2.05) is 0 Å². The van der Waals surface area contributed by atoms with E-state index in [9.17, 15) is 73.5 Å². The first-order chi connectivity index (χ1) is 15.6. The summed E-state index contributed by atoms with van der Waals surface area (Å²) in [5, 5.41) is 47.4. The van der Waals surface area contributed by atoms with Crippen molar-refractivity contribution in [2.75, 3.05) is 0 Å². The number of hydrogen-bond acceptors (Lipinski definition) is 15. The SMILES string of the molecule is CC(=O)CC(=O)[O-].CC(=O)CC(=O)[O-].CC(=O)CC(=O)[O-].CC(=O)CC(=O)[O-].CC(=O)CC(=O)[O-].[Co+2].[Ru+3]. The van der Waals surface area contributed by atoms with E-state index in [0.29, 0.717) is 0 Å². The largest absolute Gasteiger partial charge is 3.00 e. The van der Waals surface area contributed by atoms with Gasteiger partial charge < -0.3 is 49.5 Å². The quantitative estimate of drug-likeness (QED) is 0.155. The van der Waals surface area contributed by atoms with E-state index >= 15 is 0 Å². The van der Waals surface area contributed by atoms with Crippen LogP contribution in [0.5, 0.6) is 0 Å². The van der Waals surface area contributed by atoms with E-state index in [4.69, 9.17) is 0 Å². The summed E-state index contributed by atoms with van der Waals surface area (Å²) in [5.74, 6) is -8.44. The molecule has 0 spiro atoms. The predicted octanol–water partition coefficient (Wildman–Crippen LogP) is -6.43. The summed E-state index contributed by atoms with van der Waals surface area (Å²) in [6.45, 7) is 6.02. The minimum absolute atomic E-state index is 0. The monoisotopic (exact) mass is 666 g/mol. The Morgan fingerprint density at radius 1 is 0.351 bits per heavy atom. The molecule has 0 amide bonds. The molecule has 0 saturated carbocycles. The van der Waals surface area contributed by atoms with Crippen LogP contribution in [0.2, 0.25) is 0 Å². The fourth-order valence-electron chi connectivity index (χ4n) is 1.02. The van der Waals surface area contributed by atoms with E-state index in [1.54, 1.807) is 0 Å². The van der Waals surface area contributed by atoms with Crippen LogP contribution in [0.3, 0.4) is 0 Å². The van der Waals surface area contributed by atoms with E-state index < -0.39 is 62.0 Å². The molecule has 0 fully saturated rings. The summed E-state index contributed by atoms with van der Waals surface area (Å²) in [5.41, 5.74) is 0. The van der Waals surface area contributed by atoms with Gasteiger partial charge >= 0.3 is 36.3 Å². The molecule has 0 unspecified atom stereocenters. The number of aliphatic carboxylic acids is 5. The molecule has 2 radical (unpaired) electrons. The van der Waals surface area contributed by atoms with Gasteiger partial charge in [-0.1, -0.05) is 0 Å². The molecule has 0 aliphatic carbocycles. The summed E-state index contributed by atoms with van der Waals surface area (Å²) < 4.78 is 0. The topological polar surface area (TPSA) is 286 Å². The second-order valence-electron chi connectivity index (χ2n) is 6.25. The molecular formula is C20H25CoO15Ru. The first kappa shape index (κ1) is 50.7.